The summed E-state index contributed by atoms with van der Waals surface area (Å²) in [5.74, 6) is -0.588. The SMILES string of the molecule is CCC(CC)C(=O)N1CCC[C@@]2(CN(CC(=O)O)CCC2O)C1. The monoisotopic (exact) mass is 326 g/mol. The fraction of sp³-hybridized carbons (Fsp3) is 0.882. The highest BCUT2D eigenvalue weighted by molar-refractivity contribution is 5.79. The first kappa shape index (κ1) is 18.2. The molecule has 0 bridgehead atoms. The van der Waals surface area contributed by atoms with Crippen molar-refractivity contribution in [2.45, 2.75) is 52.1 Å². The Morgan fingerprint density at radius 3 is 2.52 bits per heavy atom. The first-order chi connectivity index (χ1) is 10.9. The Morgan fingerprint density at radius 2 is 1.91 bits per heavy atom. The third-order valence-electron chi connectivity index (χ3n) is 5.58. The number of hydrogen-bond donors (Lipinski definition) is 2. The van der Waals surface area contributed by atoms with Crippen molar-refractivity contribution >= 4 is 11.9 Å². The summed E-state index contributed by atoms with van der Waals surface area (Å²) in [6, 6.07) is 0. The number of aliphatic hydroxyl groups is 1. The van der Waals surface area contributed by atoms with Crippen molar-refractivity contribution in [3.63, 3.8) is 0 Å². The van der Waals surface area contributed by atoms with E-state index in [4.69, 9.17) is 5.11 Å². The number of amides is 1. The van der Waals surface area contributed by atoms with E-state index < -0.39 is 12.1 Å². The van der Waals surface area contributed by atoms with Gasteiger partial charge in [0.15, 0.2) is 0 Å². The zero-order valence-electron chi connectivity index (χ0n) is 14.3. The molecule has 1 amide bonds. The predicted octanol–water partition coefficient (Wildman–Crippen LogP) is 1.18. The van der Waals surface area contributed by atoms with Crippen LogP contribution in [-0.4, -0.2) is 70.7 Å². The quantitative estimate of drug-likeness (QED) is 0.793. The van der Waals surface area contributed by atoms with Crippen molar-refractivity contribution in [3.05, 3.63) is 0 Å². The van der Waals surface area contributed by atoms with E-state index in [2.05, 4.69) is 0 Å². The molecule has 6 heteroatoms. The molecule has 0 aromatic rings. The lowest BCUT2D eigenvalue weighted by Crippen LogP contribution is -2.60. The van der Waals surface area contributed by atoms with E-state index in [1.165, 1.54) is 0 Å². The molecule has 1 unspecified atom stereocenters. The summed E-state index contributed by atoms with van der Waals surface area (Å²) >= 11 is 0. The summed E-state index contributed by atoms with van der Waals surface area (Å²) in [6.45, 7) is 6.56. The lowest BCUT2D eigenvalue weighted by atomic mass is 9.71. The standard InChI is InChI=1S/C17H30N2O4/c1-3-13(4-2)16(23)19-8-5-7-17(12-19)11-18(10-15(21)22)9-6-14(17)20/h13-14,20H,3-12H2,1-2H3,(H,21,22)/t14?,17-/m1/s1. The Bertz CT molecular complexity index is 438. The Kier molecular flexibility index (Phi) is 6.03. The molecule has 2 saturated heterocycles. The number of likely N-dealkylation sites (tertiary alicyclic amines) is 2. The summed E-state index contributed by atoms with van der Waals surface area (Å²) in [5.41, 5.74) is -0.367. The molecule has 0 radical (unpaired) electrons. The minimum Gasteiger partial charge on any atom is -0.480 e. The van der Waals surface area contributed by atoms with E-state index in [-0.39, 0.29) is 23.8 Å². The maximum atomic E-state index is 12.7. The van der Waals surface area contributed by atoms with Gasteiger partial charge in [-0.2, -0.15) is 0 Å². The topological polar surface area (TPSA) is 81.1 Å². The molecule has 6 nitrogen and oxygen atoms in total. The number of carbonyl (C=O) groups is 2. The Balaban J connectivity index is 2.10. The maximum Gasteiger partial charge on any atom is 0.317 e. The number of rotatable bonds is 5. The molecular weight excluding hydrogens is 296 g/mol. The zero-order valence-corrected chi connectivity index (χ0v) is 14.3. The van der Waals surface area contributed by atoms with E-state index >= 15 is 0 Å². The fourth-order valence-corrected chi connectivity index (χ4v) is 4.21. The van der Waals surface area contributed by atoms with Crippen LogP contribution in [0.15, 0.2) is 0 Å². The predicted molar refractivity (Wildman–Crippen MR) is 87.0 cm³/mol. The Labute approximate surface area is 138 Å². The van der Waals surface area contributed by atoms with Crippen molar-refractivity contribution in [1.29, 1.82) is 0 Å². The van der Waals surface area contributed by atoms with Gasteiger partial charge in [0.1, 0.15) is 0 Å². The first-order valence-corrected chi connectivity index (χ1v) is 8.83. The highest BCUT2D eigenvalue weighted by Gasteiger charge is 2.46. The molecule has 2 aliphatic rings. The maximum absolute atomic E-state index is 12.7. The molecular formula is C17H30N2O4. The highest BCUT2D eigenvalue weighted by atomic mass is 16.4. The van der Waals surface area contributed by atoms with Gasteiger partial charge >= 0.3 is 5.97 Å². The highest BCUT2D eigenvalue weighted by Crippen LogP contribution is 2.39. The number of carbonyl (C=O) groups excluding carboxylic acids is 1. The van der Waals surface area contributed by atoms with Crippen LogP contribution in [0.4, 0.5) is 0 Å². The third-order valence-corrected chi connectivity index (χ3v) is 5.58. The molecule has 0 saturated carbocycles. The molecule has 0 aromatic carbocycles. The van der Waals surface area contributed by atoms with Crippen LogP contribution in [0.2, 0.25) is 0 Å². The van der Waals surface area contributed by atoms with Gasteiger partial charge in [0.05, 0.1) is 12.6 Å². The average molecular weight is 326 g/mol. The average Bonchev–Trinajstić information content (AvgIpc) is 2.52. The van der Waals surface area contributed by atoms with Gasteiger partial charge < -0.3 is 15.1 Å². The van der Waals surface area contributed by atoms with Gasteiger partial charge in [0, 0.05) is 37.5 Å². The van der Waals surface area contributed by atoms with Gasteiger partial charge in [-0.25, -0.2) is 0 Å². The Morgan fingerprint density at radius 1 is 1.22 bits per heavy atom. The fourth-order valence-electron chi connectivity index (χ4n) is 4.21. The zero-order chi connectivity index (χ0) is 17.0. The summed E-state index contributed by atoms with van der Waals surface area (Å²) in [7, 11) is 0. The minimum absolute atomic E-state index is 0.00889. The molecule has 2 atom stereocenters. The van der Waals surface area contributed by atoms with Gasteiger partial charge in [-0.1, -0.05) is 13.8 Å². The molecule has 132 valence electrons. The molecule has 2 heterocycles. The van der Waals surface area contributed by atoms with Crippen LogP contribution in [0.5, 0.6) is 0 Å². The number of carboxylic acid groups (broad SMARTS) is 1. The molecule has 2 fully saturated rings. The minimum atomic E-state index is -0.836. The van der Waals surface area contributed by atoms with Gasteiger partial charge in [-0.15, -0.1) is 0 Å². The summed E-state index contributed by atoms with van der Waals surface area (Å²) in [5, 5.41) is 19.6. The number of hydrogen-bond acceptors (Lipinski definition) is 4. The third kappa shape index (κ3) is 4.04. The van der Waals surface area contributed by atoms with Gasteiger partial charge in [0.25, 0.3) is 0 Å². The van der Waals surface area contributed by atoms with Crippen molar-refractivity contribution in [2.24, 2.45) is 11.3 Å². The first-order valence-electron chi connectivity index (χ1n) is 8.83. The lowest BCUT2D eigenvalue weighted by Gasteiger charge is -2.51. The molecule has 1 spiro atoms. The Hall–Kier alpha value is -1.14. The number of carboxylic acids is 1. The van der Waals surface area contributed by atoms with Gasteiger partial charge in [-0.3, -0.25) is 14.5 Å². The van der Waals surface area contributed by atoms with Crippen LogP contribution in [0.1, 0.15) is 46.0 Å². The van der Waals surface area contributed by atoms with Crippen LogP contribution >= 0.6 is 0 Å². The van der Waals surface area contributed by atoms with Crippen LogP contribution in [0.25, 0.3) is 0 Å². The largest absolute Gasteiger partial charge is 0.480 e. The molecule has 23 heavy (non-hydrogen) atoms. The molecule has 2 aliphatic heterocycles. The van der Waals surface area contributed by atoms with Crippen molar-refractivity contribution in [1.82, 2.24) is 9.80 Å². The molecule has 0 aromatic heterocycles. The number of aliphatic carboxylic acids is 1. The van der Waals surface area contributed by atoms with E-state index in [0.29, 0.717) is 26.1 Å². The van der Waals surface area contributed by atoms with E-state index in [1.807, 2.05) is 23.6 Å². The van der Waals surface area contributed by atoms with E-state index in [0.717, 1.165) is 32.2 Å². The lowest BCUT2D eigenvalue weighted by molar-refractivity contribution is -0.149. The normalized spacial score (nSPS) is 29.2. The molecule has 0 aliphatic carbocycles. The van der Waals surface area contributed by atoms with E-state index in [1.54, 1.807) is 0 Å². The number of nitrogens with zero attached hydrogens (tertiary/aromatic N) is 2. The smallest absolute Gasteiger partial charge is 0.317 e. The number of piperidine rings is 2. The van der Waals surface area contributed by atoms with Crippen molar-refractivity contribution in [2.75, 3.05) is 32.7 Å². The second-order valence-electron chi connectivity index (χ2n) is 7.15. The van der Waals surface area contributed by atoms with Crippen molar-refractivity contribution < 1.29 is 19.8 Å². The molecule has 2 rings (SSSR count). The summed E-state index contributed by atoms with van der Waals surface area (Å²) < 4.78 is 0. The van der Waals surface area contributed by atoms with Gasteiger partial charge in [-0.05, 0) is 32.1 Å². The summed E-state index contributed by atoms with van der Waals surface area (Å²) in [4.78, 5) is 27.5. The second-order valence-corrected chi connectivity index (χ2v) is 7.15. The van der Waals surface area contributed by atoms with Crippen molar-refractivity contribution in [3.8, 4) is 0 Å². The van der Waals surface area contributed by atoms with Crippen LogP contribution in [0.3, 0.4) is 0 Å². The van der Waals surface area contributed by atoms with Gasteiger partial charge in [0.2, 0.25) is 5.91 Å². The van der Waals surface area contributed by atoms with E-state index in [9.17, 15) is 14.7 Å². The number of aliphatic hydroxyl groups excluding tert-OH is 1. The van der Waals surface area contributed by atoms with Crippen LogP contribution in [-0.2, 0) is 9.59 Å². The van der Waals surface area contributed by atoms with Crippen LogP contribution < -0.4 is 0 Å². The molecule has 2 N–H and O–H groups in total. The van der Waals surface area contributed by atoms with Crippen LogP contribution in [0, 0.1) is 11.3 Å². The second kappa shape index (κ2) is 7.62. The summed E-state index contributed by atoms with van der Waals surface area (Å²) in [6.07, 6.45) is 3.55.